The van der Waals surface area contributed by atoms with Gasteiger partial charge in [-0.3, -0.25) is 4.79 Å². The number of aromatic nitrogens is 2. The van der Waals surface area contributed by atoms with Crippen molar-refractivity contribution in [2.24, 2.45) is 5.41 Å². The largest absolute Gasteiger partial charge is 0.486 e. The van der Waals surface area contributed by atoms with Gasteiger partial charge in [0, 0.05) is 61.4 Å². The van der Waals surface area contributed by atoms with Crippen molar-refractivity contribution in [2.75, 3.05) is 69.8 Å². The van der Waals surface area contributed by atoms with E-state index >= 15 is 0 Å². The SMILES string of the molecule is CN(C)C1CCN(c2ccc(CS(=O)(=O)N3CCN(c4cnn(-c5cccc(Cl)c5)c(=O)c4OCC4(C)CC4)CC3)cc2)C1. The smallest absolute Gasteiger partial charge is 0.316 e. The highest BCUT2D eigenvalue weighted by atomic mass is 35.5. The number of nitrogens with zero attached hydrogens (tertiary/aromatic N) is 6. The molecule has 2 saturated heterocycles. The highest BCUT2D eigenvalue weighted by Crippen LogP contribution is 2.45. The molecule has 0 spiro atoms. The molecule has 1 atom stereocenters. The minimum absolute atomic E-state index is 0.0439. The molecule has 10 nitrogen and oxygen atoms in total. The predicted octanol–water partition coefficient (Wildman–Crippen LogP) is 3.86. The van der Waals surface area contributed by atoms with Crippen LogP contribution in [0.2, 0.25) is 5.02 Å². The van der Waals surface area contributed by atoms with E-state index in [4.69, 9.17) is 16.3 Å². The summed E-state index contributed by atoms with van der Waals surface area (Å²) < 4.78 is 35.9. The molecule has 3 fully saturated rings. The average Bonchev–Trinajstić information content (AvgIpc) is 3.52. The van der Waals surface area contributed by atoms with Gasteiger partial charge < -0.3 is 19.4 Å². The number of rotatable bonds is 10. The monoisotopic (exact) mass is 640 g/mol. The summed E-state index contributed by atoms with van der Waals surface area (Å²) in [5.41, 5.74) is 2.75. The van der Waals surface area contributed by atoms with E-state index in [1.807, 2.05) is 29.2 Å². The number of hydrogen-bond donors (Lipinski definition) is 0. The van der Waals surface area contributed by atoms with Gasteiger partial charge in [0.1, 0.15) is 5.69 Å². The summed E-state index contributed by atoms with van der Waals surface area (Å²) in [6.07, 6.45) is 4.88. The summed E-state index contributed by atoms with van der Waals surface area (Å²) >= 11 is 6.18. The second-order valence-electron chi connectivity index (χ2n) is 12.8. The van der Waals surface area contributed by atoms with Gasteiger partial charge >= 0.3 is 5.56 Å². The van der Waals surface area contributed by atoms with Crippen LogP contribution in [0.25, 0.3) is 5.69 Å². The molecule has 2 aliphatic heterocycles. The summed E-state index contributed by atoms with van der Waals surface area (Å²) in [5.74, 6) is 0.192. The van der Waals surface area contributed by atoms with E-state index in [1.54, 1.807) is 34.8 Å². The van der Waals surface area contributed by atoms with Crippen LogP contribution in [0.3, 0.4) is 0 Å². The van der Waals surface area contributed by atoms with Crippen molar-refractivity contribution in [3.8, 4) is 11.4 Å². The van der Waals surface area contributed by atoms with Crippen molar-refractivity contribution in [3.05, 3.63) is 75.7 Å². The maximum absolute atomic E-state index is 13.7. The number of piperazine rings is 1. The molecule has 44 heavy (non-hydrogen) atoms. The molecule has 2 aromatic carbocycles. The fourth-order valence-corrected chi connectivity index (χ4v) is 7.60. The summed E-state index contributed by atoms with van der Waals surface area (Å²) in [4.78, 5) is 20.3. The van der Waals surface area contributed by atoms with E-state index in [0.717, 1.165) is 43.6 Å². The lowest BCUT2D eigenvalue weighted by atomic mass is 10.2. The maximum atomic E-state index is 13.7. The third-order valence-corrected chi connectivity index (χ3v) is 11.2. The molecule has 1 aromatic heterocycles. The number of ether oxygens (including phenoxy) is 1. The van der Waals surface area contributed by atoms with Gasteiger partial charge in [-0.05, 0) is 69.3 Å². The average molecular weight is 641 g/mol. The van der Waals surface area contributed by atoms with Gasteiger partial charge in [-0.1, -0.05) is 36.7 Å². The first-order chi connectivity index (χ1) is 21.0. The molecule has 0 bridgehead atoms. The summed E-state index contributed by atoms with van der Waals surface area (Å²) in [5, 5.41) is 4.95. The lowest BCUT2D eigenvalue weighted by Gasteiger charge is -2.35. The molecular formula is C32H41ClN6O4S. The molecule has 236 valence electrons. The number of hydrogen-bond acceptors (Lipinski definition) is 8. The van der Waals surface area contributed by atoms with Crippen LogP contribution in [0.1, 0.15) is 31.7 Å². The molecular weight excluding hydrogens is 600 g/mol. The van der Waals surface area contributed by atoms with E-state index in [2.05, 4.69) is 35.9 Å². The fourth-order valence-electron chi connectivity index (χ4n) is 5.90. The van der Waals surface area contributed by atoms with Crippen molar-refractivity contribution in [2.45, 2.75) is 38.0 Å². The van der Waals surface area contributed by atoms with Crippen LogP contribution in [0.4, 0.5) is 11.4 Å². The Morgan fingerprint density at radius 1 is 1.00 bits per heavy atom. The Labute approximate surface area is 264 Å². The molecule has 12 heteroatoms. The zero-order valence-corrected chi connectivity index (χ0v) is 27.2. The van der Waals surface area contributed by atoms with Crippen molar-refractivity contribution in [1.29, 1.82) is 0 Å². The van der Waals surface area contributed by atoms with Gasteiger partial charge in [0.2, 0.25) is 15.8 Å². The highest BCUT2D eigenvalue weighted by Gasteiger charge is 2.39. The Morgan fingerprint density at radius 3 is 2.36 bits per heavy atom. The standard InChI is InChI=1S/C32H41ClN6O4S/c1-32(12-13-32)23-43-30-29(20-34-39(31(30)40)27-6-4-5-25(33)19-27)36-15-17-38(18-16-36)44(41,42)22-24-7-9-26(10-8-24)37-14-11-28(21-37)35(2)3/h4-10,19-20,28H,11-18,21-23H2,1-3H3. The fraction of sp³-hybridized carbons (Fsp3) is 0.500. The molecule has 1 unspecified atom stereocenters. The first-order valence-electron chi connectivity index (χ1n) is 15.3. The first kappa shape index (κ1) is 30.9. The van der Waals surface area contributed by atoms with E-state index in [0.29, 0.717) is 55.2 Å². The van der Waals surface area contributed by atoms with Crippen molar-refractivity contribution in [3.63, 3.8) is 0 Å². The molecule has 3 heterocycles. The topological polar surface area (TPSA) is 91.2 Å². The molecule has 0 N–H and O–H groups in total. The van der Waals surface area contributed by atoms with Gasteiger partial charge in [-0.2, -0.15) is 14.1 Å². The quantitative estimate of drug-likeness (QED) is 0.330. The van der Waals surface area contributed by atoms with Gasteiger partial charge in [0.05, 0.1) is 24.2 Å². The zero-order chi connectivity index (χ0) is 31.1. The Morgan fingerprint density at radius 2 is 1.73 bits per heavy atom. The Kier molecular flexibility index (Phi) is 8.67. The normalized spacial score (nSPS) is 20.3. The van der Waals surface area contributed by atoms with Gasteiger partial charge in [0.25, 0.3) is 0 Å². The minimum atomic E-state index is -3.52. The number of sulfonamides is 1. The number of likely N-dealkylation sites (N-methyl/N-ethyl adjacent to an activating group) is 1. The van der Waals surface area contributed by atoms with Gasteiger partial charge in [-0.25, -0.2) is 8.42 Å². The minimum Gasteiger partial charge on any atom is -0.486 e. The van der Waals surface area contributed by atoms with Gasteiger partial charge in [0.15, 0.2) is 0 Å². The molecule has 0 amide bonds. The third-order valence-electron chi connectivity index (χ3n) is 9.15. The van der Waals surface area contributed by atoms with E-state index in [1.165, 1.54) is 4.68 Å². The number of benzene rings is 2. The number of halogens is 1. The molecule has 0 radical (unpaired) electrons. The van der Waals surface area contributed by atoms with Crippen LogP contribution in [0, 0.1) is 5.41 Å². The predicted molar refractivity (Wildman–Crippen MR) is 175 cm³/mol. The second kappa shape index (κ2) is 12.3. The maximum Gasteiger partial charge on any atom is 0.316 e. The first-order valence-corrected chi connectivity index (χ1v) is 17.2. The Bertz CT molecular complexity index is 1650. The van der Waals surface area contributed by atoms with Crippen LogP contribution in [-0.4, -0.2) is 93.4 Å². The summed E-state index contributed by atoms with van der Waals surface area (Å²) in [7, 11) is 0.702. The van der Waals surface area contributed by atoms with Crippen LogP contribution in [-0.2, 0) is 15.8 Å². The summed E-state index contributed by atoms with van der Waals surface area (Å²) in [6.45, 7) is 6.05. The lowest BCUT2D eigenvalue weighted by Crippen LogP contribution is -2.49. The highest BCUT2D eigenvalue weighted by molar-refractivity contribution is 7.88. The van der Waals surface area contributed by atoms with Gasteiger partial charge in [-0.15, -0.1) is 0 Å². The van der Waals surface area contributed by atoms with Crippen molar-refractivity contribution in [1.82, 2.24) is 19.0 Å². The van der Waals surface area contributed by atoms with E-state index in [9.17, 15) is 13.2 Å². The Hall–Kier alpha value is -3.12. The van der Waals surface area contributed by atoms with Crippen LogP contribution >= 0.6 is 11.6 Å². The molecule has 3 aliphatic rings. The molecule has 1 aliphatic carbocycles. The van der Waals surface area contributed by atoms with E-state index in [-0.39, 0.29) is 22.5 Å². The molecule has 6 rings (SSSR count). The molecule has 3 aromatic rings. The zero-order valence-electron chi connectivity index (χ0n) is 25.7. The van der Waals surface area contributed by atoms with Crippen LogP contribution in [0.15, 0.2) is 59.5 Å². The number of anilines is 2. The third kappa shape index (κ3) is 6.75. The van der Waals surface area contributed by atoms with Crippen molar-refractivity contribution >= 4 is 33.0 Å². The van der Waals surface area contributed by atoms with Crippen molar-refractivity contribution < 1.29 is 13.2 Å². The summed E-state index contributed by atoms with van der Waals surface area (Å²) in [6, 6.07) is 15.4. The van der Waals surface area contributed by atoms with E-state index < -0.39 is 10.0 Å². The molecule has 1 saturated carbocycles. The van der Waals surface area contributed by atoms with Crippen LogP contribution in [0.5, 0.6) is 5.75 Å². The second-order valence-corrected chi connectivity index (χ2v) is 15.2. The Balaban J connectivity index is 1.13. The lowest BCUT2D eigenvalue weighted by molar-refractivity contribution is 0.242. The van der Waals surface area contributed by atoms with Crippen LogP contribution < -0.4 is 20.1 Å².